The average Bonchev–Trinajstić information content (AvgIpc) is 3.52. The van der Waals surface area contributed by atoms with Crippen molar-refractivity contribution in [3.05, 3.63) is 66.1 Å². The summed E-state index contributed by atoms with van der Waals surface area (Å²) >= 11 is 0. The van der Waals surface area contributed by atoms with Gasteiger partial charge in [-0.2, -0.15) is 5.10 Å². The fourth-order valence-corrected chi connectivity index (χ4v) is 5.31. The van der Waals surface area contributed by atoms with E-state index in [0.717, 1.165) is 83.5 Å². The molecule has 0 saturated carbocycles. The van der Waals surface area contributed by atoms with Gasteiger partial charge in [-0.25, -0.2) is 9.37 Å². The minimum atomic E-state index is -0.256. The summed E-state index contributed by atoms with van der Waals surface area (Å²) in [4.78, 5) is 10.3. The number of H-pyrrole nitrogens is 2. The van der Waals surface area contributed by atoms with Gasteiger partial charge in [0.25, 0.3) is 0 Å². The zero-order valence-electron chi connectivity index (χ0n) is 21.2. The molecule has 4 heterocycles. The fraction of sp³-hybridized carbons (Fsp3) is 0.310. The molecule has 1 aliphatic heterocycles. The van der Waals surface area contributed by atoms with Gasteiger partial charge in [-0.15, -0.1) is 0 Å². The number of fused-ring (bicyclic) bond motifs is 2. The normalized spacial score (nSPS) is 14.7. The van der Waals surface area contributed by atoms with Crippen molar-refractivity contribution in [1.29, 1.82) is 0 Å². The van der Waals surface area contributed by atoms with Gasteiger partial charge in [0, 0.05) is 41.3 Å². The maximum Gasteiger partial charge on any atom is 0.181 e. The van der Waals surface area contributed by atoms with E-state index in [1.165, 1.54) is 5.56 Å². The Kier molecular flexibility index (Phi) is 6.36. The molecule has 8 heteroatoms. The van der Waals surface area contributed by atoms with E-state index < -0.39 is 0 Å². The number of hydrogen-bond donors (Lipinski definition) is 4. The second-order valence-corrected chi connectivity index (χ2v) is 10.2. The van der Waals surface area contributed by atoms with Gasteiger partial charge in [-0.3, -0.25) is 5.10 Å². The number of aromatic nitrogens is 4. The van der Waals surface area contributed by atoms with Crippen LogP contribution in [0.5, 0.6) is 0 Å². The minimum absolute atomic E-state index is 0.256. The smallest absolute Gasteiger partial charge is 0.181 e. The Balaban J connectivity index is 1.37. The van der Waals surface area contributed by atoms with E-state index in [-0.39, 0.29) is 5.82 Å². The highest BCUT2D eigenvalue weighted by Crippen LogP contribution is 2.36. The monoisotopic (exact) mass is 497 g/mol. The highest BCUT2D eigenvalue weighted by atomic mass is 19.1. The molecule has 1 fully saturated rings. The minimum Gasteiger partial charge on any atom is -0.384 e. The predicted octanol–water partition coefficient (Wildman–Crippen LogP) is 5.35. The van der Waals surface area contributed by atoms with E-state index in [1.807, 2.05) is 38.5 Å². The Bertz CT molecular complexity index is 1550. The van der Waals surface area contributed by atoms with Crippen LogP contribution in [0.15, 0.2) is 54.7 Å². The average molecular weight is 498 g/mol. The van der Waals surface area contributed by atoms with E-state index >= 15 is 0 Å². The first-order valence-electron chi connectivity index (χ1n) is 12.9. The van der Waals surface area contributed by atoms with Gasteiger partial charge in [0.05, 0.1) is 11.4 Å². The van der Waals surface area contributed by atoms with Crippen LogP contribution in [-0.4, -0.2) is 65.3 Å². The number of halogens is 1. The van der Waals surface area contributed by atoms with Crippen molar-refractivity contribution < 1.29 is 4.39 Å². The predicted molar refractivity (Wildman–Crippen MR) is 148 cm³/mol. The van der Waals surface area contributed by atoms with Crippen LogP contribution in [0.1, 0.15) is 24.3 Å². The third-order valence-corrected chi connectivity index (χ3v) is 7.27. The maximum absolute atomic E-state index is 14.6. The molecule has 1 saturated heterocycles. The Morgan fingerprint density at radius 1 is 1.05 bits per heavy atom. The Labute approximate surface area is 215 Å². The summed E-state index contributed by atoms with van der Waals surface area (Å²) in [5.74, 6) is 0.261. The van der Waals surface area contributed by atoms with Crippen molar-refractivity contribution in [3.8, 4) is 22.5 Å². The first-order valence-corrected chi connectivity index (χ1v) is 12.9. The second-order valence-electron chi connectivity index (χ2n) is 10.2. The summed E-state index contributed by atoms with van der Waals surface area (Å²) in [5.41, 5.74) is 7.43. The molecule has 6 rings (SSSR count). The van der Waals surface area contributed by atoms with Crippen LogP contribution in [0.3, 0.4) is 0 Å². The molecule has 0 amide bonds. The van der Waals surface area contributed by atoms with Crippen molar-refractivity contribution in [1.82, 2.24) is 30.4 Å². The molecule has 2 aromatic carbocycles. The van der Waals surface area contributed by atoms with Crippen molar-refractivity contribution in [2.45, 2.75) is 18.8 Å². The van der Waals surface area contributed by atoms with Gasteiger partial charge < -0.3 is 20.5 Å². The van der Waals surface area contributed by atoms with Crippen LogP contribution >= 0.6 is 0 Å². The lowest BCUT2D eigenvalue weighted by atomic mass is 9.91. The van der Waals surface area contributed by atoms with E-state index in [1.54, 1.807) is 12.1 Å². The van der Waals surface area contributed by atoms with Gasteiger partial charge in [-0.05, 0) is 99.0 Å². The van der Waals surface area contributed by atoms with E-state index in [4.69, 9.17) is 0 Å². The fourth-order valence-electron chi connectivity index (χ4n) is 5.31. The Hall–Kier alpha value is -3.75. The summed E-state index contributed by atoms with van der Waals surface area (Å²) < 4.78 is 14.6. The van der Waals surface area contributed by atoms with Crippen LogP contribution in [0.2, 0.25) is 0 Å². The van der Waals surface area contributed by atoms with Crippen LogP contribution in [0.25, 0.3) is 44.5 Å². The molecular formula is C29H32FN7. The summed E-state index contributed by atoms with van der Waals surface area (Å²) in [7, 11) is 4.05. The third kappa shape index (κ3) is 4.82. The van der Waals surface area contributed by atoms with Crippen molar-refractivity contribution in [2.24, 2.45) is 0 Å². The molecule has 0 aliphatic carbocycles. The van der Waals surface area contributed by atoms with Gasteiger partial charge in [-0.1, -0.05) is 12.1 Å². The van der Waals surface area contributed by atoms with Crippen LogP contribution in [0.4, 0.5) is 10.1 Å². The summed E-state index contributed by atoms with van der Waals surface area (Å²) in [6.45, 7) is 3.70. The molecule has 0 radical (unpaired) electrons. The molecule has 0 bridgehead atoms. The first-order chi connectivity index (χ1) is 18.0. The number of rotatable bonds is 7. The van der Waals surface area contributed by atoms with Gasteiger partial charge in [0.15, 0.2) is 5.65 Å². The van der Waals surface area contributed by atoms with Crippen molar-refractivity contribution in [3.63, 3.8) is 0 Å². The quantitative estimate of drug-likeness (QED) is 0.244. The summed E-state index contributed by atoms with van der Waals surface area (Å²) in [6.07, 6.45) is 4.21. The number of nitrogens with one attached hydrogen (secondary N) is 4. The second kappa shape index (κ2) is 9.95. The SMILES string of the molecule is CN(C)CCNc1cc(F)cc(-c2cccc3[nH]c(-c4[nH]nc5ncc(C6CCNCC6)cc45)cc23)c1. The van der Waals surface area contributed by atoms with Gasteiger partial charge in [0.1, 0.15) is 5.82 Å². The largest absolute Gasteiger partial charge is 0.384 e. The van der Waals surface area contributed by atoms with E-state index in [0.29, 0.717) is 11.6 Å². The third-order valence-electron chi connectivity index (χ3n) is 7.27. The molecule has 0 unspecified atom stereocenters. The van der Waals surface area contributed by atoms with Crippen LogP contribution < -0.4 is 10.6 Å². The van der Waals surface area contributed by atoms with Gasteiger partial charge >= 0.3 is 0 Å². The molecule has 3 aromatic heterocycles. The zero-order chi connectivity index (χ0) is 25.4. The lowest BCUT2D eigenvalue weighted by molar-refractivity contribution is 0.425. The molecule has 7 nitrogen and oxygen atoms in total. The standard InChI is InChI=1S/C29H32FN7/c1-37(2)11-10-32-22-13-19(12-21(30)15-22)23-4-3-5-26-24(23)16-27(34-26)28-25-14-20(17-33-29(25)36-35-28)18-6-8-31-9-7-18/h3-5,12-18,31-32,34H,6-11H2,1-2H3,(H,33,35,36). The number of likely N-dealkylation sites (N-methyl/N-ethyl adjacent to an activating group) is 1. The Morgan fingerprint density at radius 3 is 2.76 bits per heavy atom. The number of nitrogens with zero attached hydrogens (tertiary/aromatic N) is 3. The molecule has 5 aromatic rings. The van der Waals surface area contributed by atoms with Crippen LogP contribution in [-0.2, 0) is 0 Å². The topological polar surface area (TPSA) is 84.7 Å². The Morgan fingerprint density at radius 2 is 1.92 bits per heavy atom. The molecule has 1 aliphatic rings. The highest BCUT2D eigenvalue weighted by molar-refractivity contribution is 6.01. The lowest BCUT2D eigenvalue weighted by Gasteiger charge is -2.22. The molecule has 37 heavy (non-hydrogen) atoms. The number of pyridine rings is 1. The molecule has 190 valence electrons. The van der Waals surface area contributed by atoms with E-state index in [2.05, 4.69) is 53.9 Å². The molecule has 4 N–H and O–H groups in total. The molecular weight excluding hydrogens is 465 g/mol. The highest BCUT2D eigenvalue weighted by Gasteiger charge is 2.19. The maximum atomic E-state index is 14.6. The number of hydrogen-bond acceptors (Lipinski definition) is 5. The zero-order valence-corrected chi connectivity index (χ0v) is 21.2. The van der Waals surface area contributed by atoms with Gasteiger partial charge in [0.2, 0.25) is 0 Å². The number of benzene rings is 2. The van der Waals surface area contributed by atoms with E-state index in [9.17, 15) is 4.39 Å². The lowest BCUT2D eigenvalue weighted by Crippen LogP contribution is -2.26. The molecule has 0 spiro atoms. The van der Waals surface area contributed by atoms with Crippen molar-refractivity contribution >= 4 is 27.6 Å². The number of aromatic amines is 2. The van der Waals surface area contributed by atoms with Crippen LogP contribution in [0, 0.1) is 5.82 Å². The summed E-state index contributed by atoms with van der Waals surface area (Å²) in [6, 6.07) is 15.6. The number of anilines is 1. The molecule has 0 atom stereocenters. The summed E-state index contributed by atoms with van der Waals surface area (Å²) in [5, 5.41) is 16.5. The first kappa shape index (κ1) is 23.6. The number of piperidine rings is 1. The van der Waals surface area contributed by atoms with Crippen molar-refractivity contribution in [2.75, 3.05) is 45.6 Å².